The molecule has 5 heteroatoms. The van der Waals surface area contributed by atoms with E-state index in [1.165, 1.54) is 0 Å². The van der Waals surface area contributed by atoms with Crippen molar-refractivity contribution in [1.82, 2.24) is 0 Å². The Bertz CT molecular complexity index is 442. The van der Waals surface area contributed by atoms with Crippen molar-refractivity contribution in [2.75, 3.05) is 6.61 Å². The lowest BCUT2D eigenvalue weighted by molar-refractivity contribution is -0.138. The highest BCUT2D eigenvalue weighted by atomic mass is 16.5. The van der Waals surface area contributed by atoms with Crippen molar-refractivity contribution in [1.29, 1.82) is 0 Å². The number of carboxylic acids is 1. The van der Waals surface area contributed by atoms with Gasteiger partial charge in [-0.1, -0.05) is 0 Å². The van der Waals surface area contributed by atoms with Crippen molar-refractivity contribution in [3.63, 3.8) is 0 Å². The molecule has 0 aromatic rings. The SMILES string of the molecule is CC=C(C=C1C(=O)C=C(C(=O)O)OC1C)OCC. The van der Waals surface area contributed by atoms with E-state index in [0.717, 1.165) is 6.08 Å². The maximum absolute atomic E-state index is 11.8. The molecule has 0 spiro atoms. The number of allylic oxidation sites excluding steroid dienone is 3. The first-order valence-electron chi connectivity index (χ1n) is 5.66. The third kappa shape index (κ3) is 3.23. The molecular formula is C13H16O5. The summed E-state index contributed by atoms with van der Waals surface area (Å²) in [6.07, 6.45) is 3.68. The highest BCUT2D eigenvalue weighted by molar-refractivity contribution is 6.09. The standard InChI is InChI=1S/C13H16O5/c1-4-9(17-5-2)6-10-8(3)18-12(13(15)16)7-11(10)14/h4,6-8H,5H2,1-3H3,(H,15,16). The average molecular weight is 252 g/mol. The summed E-state index contributed by atoms with van der Waals surface area (Å²) in [5.74, 6) is -1.39. The Hall–Kier alpha value is -2.04. The van der Waals surface area contributed by atoms with E-state index in [0.29, 0.717) is 17.9 Å². The smallest absolute Gasteiger partial charge is 0.371 e. The van der Waals surface area contributed by atoms with E-state index < -0.39 is 12.1 Å². The molecule has 1 aliphatic rings. The van der Waals surface area contributed by atoms with Crippen LogP contribution in [-0.2, 0) is 19.1 Å². The fourth-order valence-corrected chi connectivity index (χ4v) is 1.52. The van der Waals surface area contributed by atoms with Crippen LogP contribution in [0.3, 0.4) is 0 Å². The number of ketones is 1. The van der Waals surface area contributed by atoms with E-state index in [1.54, 1.807) is 26.0 Å². The van der Waals surface area contributed by atoms with E-state index in [9.17, 15) is 9.59 Å². The van der Waals surface area contributed by atoms with Gasteiger partial charge in [-0.25, -0.2) is 4.79 Å². The summed E-state index contributed by atoms with van der Waals surface area (Å²) < 4.78 is 10.4. The number of aliphatic carboxylic acids is 1. The number of carbonyl (C=O) groups excluding carboxylic acids is 1. The summed E-state index contributed by atoms with van der Waals surface area (Å²) in [5, 5.41) is 8.77. The second kappa shape index (κ2) is 6.05. The predicted molar refractivity (Wildman–Crippen MR) is 64.7 cm³/mol. The quantitative estimate of drug-likeness (QED) is 0.610. The second-order valence-electron chi connectivity index (χ2n) is 3.66. The molecule has 0 saturated heterocycles. The first-order chi connectivity index (χ1) is 8.49. The van der Waals surface area contributed by atoms with Crippen LogP contribution in [-0.4, -0.2) is 29.6 Å². The summed E-state index contributed by atoms with van der Waals surface area (Å²) in [7, 11) is 0. The highest BCUT2D eigenvalue weighted by Crippen LogP contribution is 2.21. The summed E-state index contributed by atoms with van der Waals surface area (Å²) in [5.41, 5.74) is 0.376. The Labute approximate surface area is 105 Å². The molecule has 0 saturated carbocycles. The highest BCUT2D eigenvalue weighted by Gasteiger charge is 2.27. The normalized spacial score (nSPS) is 22.5. The minimum atomic E-state index is -1.25. The maximum Gasteiger partial charge on any atom is 0.371 e. The van der Waals surface area contributed by atoms with Crippen molar-refractivity contribution in [2.45, 2.75) is 26.9 Å². The lowest BCUT2D eigenvalue weighted by atomic mass is 10.0. The number of ether oxygens (including phenoxy) is 2. The Kier molecular flexibility index (Phi) is 4.71. The van der Waals surface area contributed by atoms with Crippen LogP contribution in [0.4, 0.5) is 0 Å². The number of hydrogen-bond acceptors (Lipinski definition) is 4. The monoisotopic (exact) mass is 252 g/mol. The summed E-state index contributed by atoms with van der Waals surface area (Å²) in [6.45, 7) is 5.74. The first kappa shape index (κ1) is 14.0. The van der Waals surface area contributed by atoms with Gasteiger partial charge in [0.15, 0.2) is 5.78 Å². The zero-order valence-electron chi connectivity index (χ0n) is 10.6. The largest absolute Gasteiger partial charge is 0.494 e. The zero-order chi connectivity index (χ0) is 13.7. The van der Waals surface area contributed by atoms with Gasteiger partial charge in [0, 0.05) is 11.6 Å². The minimum Gasteiger partial charge on any atom is -0.494 e. The van der Waals surface area contributed by atoms with E-state index in [1.807, 2.05) is 6.92 Å². The van der Waals surface area contributed by atoms with Gasteiger partial charge in [-0.05, 0) is 32.9 Å². The fourth-order valence-electron chi connectivity index (χ4n) is 1.52. The van der Waals surface area contributed by atoms with E-state index >= 15 is 0 Å². The lowest BCUT2D eigenvalue weighted by Crippen LogP contribution is -2.26. The van der Waals surface area contributed by atoms with Crippen LogP contribution in [0.25, 0.3) is 0 Å². The summed E-state index contributed by atoms with van der Waals surface area (Å²) in [6, 6.07) is 0. The van der Waals surface area contributed by atoms with E-state index in [2.05, 4.69) is 0 Å². The second-order valence-corrected chi connectivity index (χ2v) is 3.66. The van der Waals surface area contributed by atoms with Gasteiger partial charge >= 0.3 is 5.97 Å². The Morgan fingerprint density at radius 3 is 2.72 bits per heavy atom. The fraction of sp³-hybridized carbons (Fsp3) is 0.385. The average Bonchev–Trinajstić information content (AvgIpc) is 2.31. The zero-order valence-corrected chi connectivity index (χ0v) is 10.6. The topological polar surface area (TPSA) is 72.8 Å². The molecule has 0 aromatic heterocycles. The molecule has 0 bridgehead atoms. The lowest BCUT2D eigenvalue weighted by Gasteiger charge is -2.21. The Balaban J connectivity index is 3.02. The molecule has 0 radical (unpaired) electrons. The molecule has 98 valence electrons. The minimum absolute atomic E-state index is 0.330. The molecule has 1 rings (SSSR count). The molecule has 1 unspecified atom stereocenters. The number of carboxylic acid groups (broad SMARTS) is 1. The Morgan fingerprint density at radius 1 is 1.61 bits per heavy atom. The van der Waals surface area contributed by atoms with E-state index in [4.69, 9.17) is 14.6 Å². The third-order valence-corrected chi connectivity index (χ3v) is 2.39. The van der Waals surface area contributed by atoms with Gasteiger partial charge in [0.2, 0.25) is 5.76 Å². The molecule has 5 nitrogen and oxygen atoms in total. The molecule has 1 N–H and O–H groups in total. The van der Waals surface area contributed by atoms with Crippen LogP contribution in [0.2, 0.25) is 0 Å². The maximum atomic E-state index is 11.8. The van der Waals surface area contributed by atoms with Gasteiger partial charge in [0.1, 0.15) is 11.9 Å². The van der Waals surface area contributed by atoms with Crippen molar-refractivity contribution < 1.29 is 24.2 Å². The van der Waals surface area contributed by atoms with Gasteiger partial charge in [0.25, 0.3) is 0 Å². The van der Waals surface area contributed by atoms with Gasteiger partial charge in [0.05, 0.1) is 6.61 Å². The third-order valence-electron chi connectivity index (χ3n) is 2.39. The number of carbonyl (C=O) groups is 2. The molecular weight excluding hydrogens is 236 g/mol. The summed E-state index contributed by atoms with van der Waals surface area (Å²) >= 11 is 0. The molecule has 0 aromatic carbocycles. The van der Waals surface area contributed by atoms with Crippen LogP contribution < -0.4 is 0 Å². The molecule has 0 aliphatic carbocycles. The van der Waals surface area contributed by atoms with E-state index in [-0.39, 0.29) is 11.5 Å². The molecule has 18 heavy (non-hydrogen) atoms. The molecule has 0 fully saturated rings. The van der Waals surface area contributed by atoms with Crippen molar-refractivity contribution in [2.24, 2.45) is 0 Å². The van der Waals surface area contributed by atoms with Crippen LogP contribution in [0.15, 0.2) is 35.3 Å². The van der Waals surface area contributed by atoms with Gasteiger partial charge in [-0.15, -0.1) is 0 Å². The van der Waals surface area contributed by atoms with Gasteiger partial charge in [-0.3, -0.25) is 4.79 Å². The van der Waals surface area contributed by atoms with Crippen LogP contribution in [0.5, 0.6) is 0 Å². The summed E-state index contributed by atoms with van der Waals surface area (Å²) in [4.78, 5) is 22.5. The number of hydrogen-bond donors (Lipinski definition) is 1. The molecule has 1 atom stereocenters. The van der Waals surface area contributed by atoms with Gasteiger partial charge in [-0.2, -0.15) is 0 Å². The molecule has 1 aliphatic heterocycles. The van der Waals surface area contributed by atoms with Crippen LogP contribution in [0, 0.1) is 0 Å². The number of rotatable bonds is 4. The van der Waals surface area contributed by atoms with Crippen molar-refractivity contribution in [3.8, 4) is 0 Å². The first-order valence-corrected chi connectivity index (χ1v) is 5.66. The molecule has 0 amide bonds. The van der Waals surface area contributed by atoms with Crippen molar-refractivity contribution in [3.05, 3.63) is 35.3 Å². The molecule has 1 heterocycles. The van der Waals surface area contributed by atoms with Crippen LogP contribution >= 0.6 is 0 Å². The van der Waals surface area contributed by atoms with Crippen LogP contribution in [0.1, 0.15) is 20.8 Å². The Morgan fingerprint density at radius 2 is 2.28 bits per heavy atom. The van der Waals surface area contributed by atoms with Gasteiger partial charge < -0.3 is 14.6 Å². The van der Waals surface area contributed by atoms with Crippen molar-refractivity contribution >= 4 is 11.8 Å². The predicted octanol–water partition coefficient (Wildman–Crippen LogP) is 1.81.